The van der Waals surface area contributed by atoms with Gasteiger partial charge in [0.2, 0.25) is 0 Å². The Balaban J connectivity index is 1.98. The van der Waals surface area contributed by atoms with E-state index in [0.717, 1.165) is 13.0 Å². The standard InChI is InChI=1S/C13H16N2O4/c1-3-4-15-7-11(6-14-15)18-8-10-5-12(13(16)17)9(2)19-10/h5-7H,3-4,8H2,1-2H3,(H,16,17). The number of furan rings is 1. The van der Waals surface area contributed by atoms with Crippen LogP contribution < -0.4 is 4.74 Å². The molecule has 2 aromatic heterocycles. The van der Waals surface area contributed by atoms with Gasteiger partial charge in [0.25, 0.3) is 0 Å². The number of aryl methyl sites for hydroxylation is 2. The summed E-state index contributed by atoms with van der Waals surface area (Å²) in [6.07, 6.45) is 4.43. The van der Waals surface area contributed by atoms with E-state index in [4.69, 9.17) is 14.3 Å². The maximum atomic E-state index is 10.9. The molecule has 0 spiro atoms. The van der Waals surface area contributed by atoms with Crippen molar-refractivity contribution in [2.45, 2.75) is 33.4 Å². The van der Waals surface area contributed by atoms with Crippen molar-refractivity contribution in [3.05, 3.63) is 35.5 Å². The van der Waals surface area contributed by atoms with Gasteiger partial charge in [-0.1, -0.05) is 6.92 Å². The van der Waals surface area contributed by atoms with Gasteiger partial charge in [0.1, 0.15) is 23.7 Å². The zero-order valence-electron chi connectivity index (χ0n) is 10.9. The van der Waals surface area contributed by atoms with Crippen molar-refractivity contribution >= 4 is 5.97 Å². The highest BCUT2D eigenvalue weighted by Crippen LogP contribution is 2.17. The molecule has 0 atom stereocenters. The molecule has 0 radical (unpaired) electrons. The van der Waals surface area contributed by atoms with Gasteiger partial charge in [-0.05, 0) is 19.4 Å². The third-order valence-electron chi connectivity index (χ3n) is 2.64. The molecule has 19 heavy (non-hydrogen) atoms. The first kappa shape index (κ1) is 13.2. The first-order valence-corrected chi connectivity index (χ1v) is 6.08. The van der Waals surface area contributed by atoms with Crippen molar-refractivity contribution in [3.63, 3.8) is 0 Å². The van der Waals surface area contributed by atoms with Crippen molar-refractivity contribution in [2.75, 3.05) is 0 Å². The van der Waals surface area contributed by atoms with Gasteiger partial charge >= 0.3 is 5.97 Å². The minimum Gasteiger partial charge on any atom is -0.482 e. The molecule has 1 N–H and O–H groups in total. The van der Waals surface area contributed by atoms with Crippen LogP contribution in [0.25, 0.3) is 0 Å². The van der Waals surface area contributed by atoms with Gasteiger partial charge in [-0.3, -0.25) is 4.68 Å². The Kier molecular flexibility index (Phi) is 3.89. The number of rotatable bonds is 6. The molecule has 0 aromatic carbocycles. The predicted octanol–water partition coefficient (Wildman–Crippen LogP) is 2.47. The second-order valence-electron chi connectivity index (χ2n) is 4.22. The maximum Gasteiger partial charge on any atom is 0.339 e. The second kappa shape index (κ2) is 5.60. The molecule has 0 aliphatic heterocycles. The van der Waals surface area contributed by atoms with Crippen LogP contribution in [0.1, 0.15) is 35.2 Å². The fourth-order valence-electron chi connectivity index (χ4n) is 1.75. The van der Waals surface area contributed by atoms with E-state index in [2.05, 4.69) is 12.0 Å². The predicted molar refractivity (Wildman–Crippen MR) is 67.3 cm³/mol. The summed E-state index contributed by atoms with van der Waals surface area (Å²) < 4.78 is 12.6. The fraction of sp³-hybridized carbons (Fsp3) is 0.385. The number of ether oxygens (including phenoxy) is 1. The van der Waals surface area contributed by atoms with Crippen LogP contribution in [0.15, 0.2) is 22.9 Å². The summed E-state index contributed by atoms with van der Waals surface area (Å²) in [5.74, 6) is 0.508. The van der Waals surface area contributed by atoms with E-state index in [9.17, 15) is 4.79 Å². The van der Waals surface area contributed by atoms with Crippen LogP contribution in [0, 0.1) is 6.92 Å². The highest BCUT2D eigenvalue weighted by atomic mass is 16.5. The van der Waals surface area contributed by atoms with E-state index in [1.807, 2.05) is 0 Å². The SMILES string of the molecule is CCCn1cc(OCc2cc(C(=O)O)c(C)o2)cn1. The fourth-order valence-corrected chi connectivity index (χ4v) is 1.75. The van der Waals surface area contributed by atoms with E-state index in [-0.39, 0.29) is 12.2 Å². The van der Waals surface area contributed by atoms with Gasteiger partial charge in [0.15, 0.2) is 5.75 Å². The molecule has 0 unspecified atom stereocenters. The summed E-state index contributed by atoms with van der Waals surface area (Å²) in [6, 6.07) is 1.48. The molecule has 0 fully saturated rings. The first-order chi connectivity index (χ1) is 9.10. The van der Waals surface area contributed by atoms with Crippen LogP contribution in [0.5, 0.6) is 5.75 Å². The molecule has 2 rings (SSSR count). The summed E-state index contributed by atoms with van der Waals surface area (Å²) in [4.78, 5) is 10.9. The number of nitrogens with zero attached hydrogens (tertiary/aromatic N) is 2. The number of hydrogen-bond acceptors (Lipinski definition) is 4. The van der Waals surface area contributed by atoms with Crippen LogP contribution in [0.4, 0.5) is 0 Å². The molecule has 102 valence electrons. The Hall–Kier alpha value is -2.24. The molecule has 0 bridgehead atoms. The monoisotopic (exact) mass is 264 g/mol. The molecule has 0 saturated carbocycles. The van der Waals surface area contributed by atoms with Crippen molar-refractivity contribution in [1.29, 1.82) is 0 Å². The lowest BCUT2D eigenvalue weighted by Crippen LogP contribution is -1.96. The van der Waals surface area contributed by atoms with E-state index in [0.29, 0.717) is 17.3 Å². The molecule has 6 heteroatoms. The molecule has 0 aliphatic rings. The summed E-state index contributed by atoms with van der Waals surface area (Å²) in [6.45, 7) is 4.71. The quantitative estimate of drug-likeness (QED) is 0.867. The minimum atomic E-state index is -0.997. The summed E-state index contributed by atoms with van der Waals surface area (Å²) >= 11 is 0. The van der Waals surface area contributed by atoms with Crippen LogP contribution in [-0.2, 0) is 13.2 Å². The van der Waals surface area contributed by atoms with E-state index >= 15 is 0 Å². The van der Waals surface area contributed by atoms with Crippen molar-refractivity contribution in [3.8, 4) is 5.75 Å². The third-order valence-corrected chi connectivity index (χ3v) is 2.64. The molecule has 6 nitrogen and oxygen atoms in total. The highest BCUT2D eigenvalue weighted by molar-refractivity contribution is 5.88. The number of carboxylic acid groups (broad SMARTS) is 1. The van der Waals surface area contributed by atoms with E-state index in [1.165, 1.54) is 6.07 Å². The van der Waals surface area contributed by atoms with Gasteiger partial charge in [0.05, 0.1) is 12.4 Å². The number of carboxylic acids is 1. The van der Waals surface area contributed by atoms with Crippen molar-refractivity contribution in [2.24, 2.45) is 0 Å². The first-order valence-electron chi connectivity index (χ1n) is 6.08. The third kappa shape index (κ3) is 3.15. The zero-order chi connectivity index (χ0) is 13.8. The molecular weight excluding hydrogens is 248 g/mol. The Morgan fingerprint density at radius 1 is 1.58 bits per heavy atom. The topological polar surface area (TPSA) is 77.5 Å². The number of aromatic nitrogens is 2. The lowest BCUT2D eigenvalue weighted by Gasteiger charge is -1.99. The summed E-state index contributed by atoms with van der Waals surface area (Å²) in [7, 11) is 0. The lowest BCUT2D eigenvalue weighted by atomic mass is 10.2. The van der Waals surface area contributed by atoms with Crippen molar-refractivity contribution in [1.82, 2.24) is 9.78 Å². The van der Waals surface area contributed by atoms with E-state index < -0.39 is 5.97 Å². The van der Waals surface area contributed by atoms with Crippen LogP contribution in [0.3, 0.4) is 0 Å². The number of hydrogen-bond donors (Lipinski definition) is 1. The van der Waals surface area contributed by atoms with Crippen molar-refractivity contribution < 1.29 is 19.1 Å². The molecule has 2 heterocycles. The molecule has 0 amide bonds. The molecular formula is C13H16N2O4. The average Bonchev–Trinajstić information content (AvgIpc) is 2.94. The van der Waals surface area contributed by atoms with Crippen LogP contribution in [0.2, 0.25) is 0 Å². The second-order valence-corrected chi connectivity index (χ2v) is 4.22. The highest BCUT2D eigenvalue weighted by Gasteiger charge is 2.14. The molecule has 0 saturated heterocycles. The largest absolute Gasteiger partial charge is 0.482 e. The van der Waals surface area contributed by atoms with Gasteiger partial charge < -0.3 is 14.3 Å². The van der Waals surface area contributed by atoms with Gasteiger partial charge in [-0.25, -0.2) is 4.79 Å². The molecule has 2 aromatic rings. The van der Waals surface area contributed by atoms with Crippen LogP contribution in [-0.4, -0.2) is 20.9 Å². The normalized spacial score (nSPS) is 10.6. The Morgan fingerprint density at radius 2 is 2.37 bits per heavy atom. The summed E-state index contributed by atoms with van der Waals surface area (Å²) in [5.41, 5.74) is 0.167. The Morgan fingerprint density at radius 3 is 3.00 bits per heavy atom. The van der Waals surface area contributed by atoms with Gasteiger partial charge in [-0.2, -0.15) is 5.10 Å². The smallest absolute Gasteiger partial charge is 0.339 e. The summed E-state index contributed by atoms with van der Waals surface area (Å²) in [5, 5.41) is 13.0. The number of aromatic carboxylic acids is 1. The van der Waals surface area contributed by atoms with Crippen LogP contribution >= 0.6 is 0 Å². The Bertz CT molecular complexity index is 571. The lowest BCUT2D eigenvalue weighted by molar-refractivity contribution is 0.0695. The maximum absolute atomic E-state index is 10.9. The zero-order valence-corrected chi connectivity index (χ0v) is 10.9. The minimum absolute atomic E-state index is 0.167. The Labute approximate surface area is 110 Å². The molecule has 0 aliphatic carbocycles. The average molecular weight is 264 g/mol. The van der Waals surface area contributed by atoms with Gasteiger partial charge in [0, 0.05) is 6.54 Å². The van der Waals surface area contributed by atoms with Gasteiger partial charge in [-0.15, -0.1) is 0 Å². The van der Waals surface area contributed by atoms with E-state index in [1.54, 1.807) is 24.0 Å². The number of carbonyl (C=O) groups is 1.